The number of esters is 1. The zero-order valence-electron chi connectivity index (χ0n) is 5.37. The molecule has 1 aromatic rings. The van der Waals surface area contributed by atoms with Gasteiger partial charge in [0.05, 0.1) is 18.9 Å². The Kier molecular flexibility index (Phi) is 3.57. The number of halogens is 1. The van der Waals surface area contributed by atoms with Crippen LogP contribution in [0.4, 0.5) is 0 Å². The summed E-state index contributed by atoms with van der Waals surface area (Å²) in [6, 6.07) is 1.55. The molecule has 0 atom stereocenters. The summed E-state index contributed by atoms with van der Waals surface area (Å²) in [5.74, 6) is -0.372. The fraction of sp³-hybridized carbons (Fsp3) is 0.167. The predicted molar refractivity (Wildman–Crippen MR) is 37.3 cm³/mol. The van der Waals surface area contributed by atoms with Crippen LogP contribution in [0.15, 0.2) is 23.0 Å². The second-order valence-electron chi connectivity index (χ2n) is 1.50. The van der Waals surface area contributed by atoms with Crippen LogP contribution in [0, 0.1) is 0 Å². The van der Waals surface area contributed by atoms with Crippen LogP contribution in [0.3, 0.4) is 0 Å². The molecular weight excluding hydrogens is 156 g/mol. The molecule has 0 fully saturated rings. The normalized spacial score (nSPS) is 8.10. The summed E-state index contributed by atoms with van der Waals surface area (Å²) < 4.78 is 9.03. The Bertz CT molecular complexity index is 193. The van der Waals surface area contributed by atoms with Crippen LogP contribution in [0.25, 0.3) is 0 Å². The minimum absolute atomic E-state index is 0. The van der Waals surface area contributed by atoms with Gasteiger partial charge in [0.15, 0.2) is 0 Å². The average molecular weight is 163 g/mol. The summed E-state index contributed by atoms with van der Waals surface area (Å²) in [6.45, 7) is 0. The first-order valence-corrected chi connectivity index (χ1v) is 2.45. The van der Waals surface area contributed by atoms with Gasteiger partial charge in [0, 0.05) is 0 Å². The Balaban J connectivity index is 0.000000810. The van der Waals surface area contributed by atoms with Gasteiger partial charge in [-0.15, -0.1) is 12.4 Å². The molecule has 0 unspecified atom stereocenters. The molecule has 0 aliphatic rings. The number of ether oxygens (including phenoxy) is 1. The predicted octanol–water partition coefficient (Wildman–Crippen LogP) is 1.49. The maximum absolute atomic E-state index is 10.6. The van der Waals surface area contributed by atoms with Gasteiger partial charge < -0.3 is 9.15 Å². The lowest BCUT2D eigenvalue weighted by molar-refractivity contribution is 0.0600. The third-order valence-corrected chi connectivity index (χ3v) is 0.942. The van der Waals surface area contributed by atoms with E-state index in [4.69, 9.17) is 0 Å². The molecule has 3 nitrogen and oxygen atoms in total. The van der Waals surface area contributed by atoms with E-state index in [9.17, 15) is 4.79 Å². The van der Waals surface area contributed by atoms with Gasteiger partial charge in [-0.2, -0.15) is 0 Å². The van der Waals surface area contributed by atoms with Crippen molar-refractivity contribution in [3.8, 4) is 0 Å². The molecule has 0 N–H and O–H groups in total. The highest BCUT2D eigenvalue weighted by atomic mass is 35.5. The van der Waals surface area contributed by atoms with Crippen molar-refractivity contribution >= 4 is 18.4 Å². The summed E-state index contributed by atoms with van der Waals surface area (Å²) in [4.78, 5) is 10.6. The van der Waals surface area contributed by atoms with Gasteiger partial charge in [-0.05, 0) is 6.07 Å². The lowest BCUT2D eigenvalue weighted by Crippen LogP contribution is -1.97. The van der Waals surface area contributed by atoms with Gasteiger partial charge in [-0.1, -0.05) is 0 Å². The van der Waals surface area contributed by atoms with Gasteiger partial charge in [-0.25, -0.2) is 4.79 Å². The van der Waals surface area contributed by atoms with E-state index in [-0.39, 0.29) is 18.4 Å². The van der Waals surface area contributed by atoms with Crippen LogP contribution in [-0.4, -0.2) is 13.1 Å². The van der Waals surface area contributed by atoms with Crippen molar-refractivity contribution in [1.82, 2.24) is 0 Å². The molecule has 0 bridgehead atoms. The first-order valence-electron chi connectivity index (χ1n) is 2.45. The van der Waals surface area contributed by atoms with Crippen molar-refractivity contribution in [2.75, 3.05) is 7.11 Å². The number of methoxy groups -OCH3 is 1. The number of rotatable bonds is 1. The molecular formula is C6H7ClO3. The number of carbonyl (C=O) groups is 1. The summed E-state index contributed by atoms with van der Waals surface area (Å²) in [7, 11) is 1.33. The lowest BCUT2D eigenvalue weighted by Gasteiger charge is -1.89. The van der Waals surface area contributed by atoms with E-state index < -0.39 is 0 Å². The van der Waals surface area contributed by atoms with Gasteiger partial charge in [0.1, 0.15) is 6.26 Å². The summed E-state index contributed by atoms with van der Waals surface area (Å²) in [5.41, 5.74) is 0.442. The van der Waals surface area contributed by atoms with Gasteiger partial charge in [0.25, 0.3) is 0 Å². The Morgan fingerprint density at radius 2 is 2.40 bits per heavy atom. The largest absolute Gasteiger partial charge is 0.472 e. The standard InChI is InChI=1S/C6H6O3.ClH/c1-8-6(7)5-2-3-9-4-5;/h2-4H,1H3;1H. The molecule has 0 saturated heterocycles. The van der Waals surface area contributed by atoms with E-state index in [0.29, 0.717) is 5.56 Å². The Labute approximate surface area is 64.4 Å². The first kappa shape index (κ1) is 9.04. The molecule has 1 rings (SSSR count). The van der Waals surface area contributed by atoms with E-state index in [0.717, 1.165) is 0 Å². The van der Waals surface area contributed by atoms with Crippen LogP contribution >= 0.6 is 12.4 Å². The highest BCUT2D eigenvalue weighted by Crippen LogP contribution is 2.00. The topological polar surface area (TPSA) is 39.4 Å². The third-order valence-electron chi connectivity index (χ3n) is 0.942. The van der Waals surface area contributed by atoms with Crippen molar-refractivity contribution in [2.24, 2.45) is 0 Å². The molecule has 10 heavy (non-hydrogen) atoms. The van der Waals surface area contributed by atoms with Gasteiger partial charge in [-0.3, -0.25) is 0 Å². The number of carbonyl (C=O) groups excluding carboxylic acids is 1. The summed E-state index contributed by atoms with van der Waals surface area (Å²) in [6.07, 6.45) is 2.76. The van der Waals surface area contributed by atoms with Gasteiger partial charge in [0.2, 0.25) is 0 Å². The van der Waals surface area contributed by atoms with Crippen LogP contribution in [0.2, 0.25) is 0 Å². The molecule has 0 aliphatic carbocycles. The highest BCUT2D eigenvalue weighted by Gasteiger charge is 2.03. The molecule has 0 aromatic carbocycles. The fourth-order valence-electron chi connectivity index (χ4n) is 0.498. The van der Waals surface area contributed by atoms with Crippen molar-refractivity contribution in [3.05, 3.63) is 24.2 Å². The quantitative estimate of drug-likeness (QED) is 0.588. The zero-order valence-corrected chi connectivity index (χ0v) is 6.18. The second-order valence-corrected chi connectivity index (χ2v) is 1.50. The molecule has 4 heteroatoms. The van der Waals surface area contributed by atoms with Crippen molar-refractivity contribution in [3.63, 3.8) is 0 Å². The van der Waals surface area contributed by atoms with Crippen molar-refractivity contribution < 1.29 is 13.9 Å². The molecule has 1 heterocycles. The minimum Gasteiger partial charge on any atom is -0.472 e. The smallest absolute Gasteiger partial charge is 0.341 e. The van der Waals surface area contributed by atoms with E-state index >= 15 is 0 Å². The molecule has 0 saturated carbocycles. The van der Waals surface area contributed by atoms with Crippen LogP contribution in [-0.2, 0) is 4.74 Å². The Hall–Kier alpha value is -0.960. The SMILES string of the molecule is COC(=O)c1ccoc1.Cl. The monoisotopic (exact) mass is 162 g/mol. The van der Waals surface area contributed by atoms with Crippen LogP contribution in [0.5, 0.6) is 0 Å². The molecule has 0 amide bonds. The van der Waals surface area contributed by atoms with Crippen molar-refractivity contribution in [1.29, 1.82) is 0 Å². The third kappa shape index (κ3) is 1.77. The fourth-order valence-corrected chi connectivity index (χ4v) is 0.498. The number of furan rings is 1. The van der Waals surface area contributed by atoms with Crippen LogP contribution in [0.1, 0.15) is 10.4 Å². The summed E-state index contributed by atoms with van der Waals surface area (Å²) in [5, 5.41) is 0. The number of hydrogen-bond acceptors (Lipinski definition) is 3. The molecule has 0 radical (unpaired) electrons. The first-order chi connectivity index (χ1) is 4.34. The molecule has 0 spiro atoms. The molecule has 56 valence electrons. The Morgan fingerprint density at radius 1 is 1.70 bits per heavy atom. The maximum atomic E-state index is 10.6. The van der Waals surface area contributed by atoms with E-state index in [1.807, 2.05) is 0 Å². The zero-order chi connectivity index (χ0) is 6.69. The van der Waals surface area contributed by atoms with E-state index in [2.05, 4.69) is 9.15 Å². The van der Waals surface area contributed by atoms with Crippen molar-refractivity contribution in [2.45, 2.75) is 0 Å². The minimum atomic E-state index is -0.372. The maximum Gasteiger partial charge on any atom is 0.341 e. The van der Waals surface area contributed by atoms with E-state index in [1.165, 1.54) is 19.6 Å². The Morgan fingerprint density at radius 3 is 2.80 bits per heavy atom. The molecule has 0 aliphatic heterocycles. The van der Waals surface area contributed by atoms with Gasteiger partial charge >= 0.3 is 5.97 Å². The number of hydrogen-bond donors (Lipinski definition) is 0. The second kappa shape index (κ2) is 3.95. The molecule has 1 aromatic heterocycles. The van der Waals surface area contributed by atoms with E-state index in [1.54, 1.807) is 6.07 Å². The lowest BCUT2D eigenvalue weighted by atomic mass is 10.4. The summed E-state index contributed by atoms with van der Waals surface area (Å²) >= 11 is 0. The van der Waals surface area contributed by atoms with Crippen LogP contribution < -0.4 is 0 Å². The average Bonchev–Trinajstić information content (AvgIpc) is 2.37. The highest BCUT2D eigenvalue weighted by molar-refractivity contribution is 5.88.